The second-order valence-corrected chi connectivity index (χ2v) is 11.4. The molecule has 0 unspecified atom stereocenters. The Hall–Kier alpha value is -1.70. The summed E-state index contributed by atoms with van der Waals surface area (Å²) >= 11 is 0. The molecule has 0 saturated carbocycles. The van der Waals surface area contributed by atoms with E-state index in [9.17, 15) is 13.2 Å². The van der Waals surface area contributed by atoms with Crippen LogP contribution in [0.5, 0.6) is 0 Å². The van der Waals surface area contributed by atoms with Crippen LogP contribution in [0.3, 0.4) is 0 Å². The standard InChI is InChI=1S/C23H34N2O4S/c1-8-9-17(5)22(26)25-21-19(23(6,7)29-25)14-24(20(21)15(2)3)30(27,28)18-12-10-16(4)11-13-18/h8,10-13,15,17,19-21H,1,9,14H2,2-7H3/t17-,19-,20+,21-/m1/s1. The normalized spacial score (nSPS) is 27.3. The molecule has 6 nitrogen and oxygen atoms in total. The van der Waals surface area contributed by atoms with Crippen LogP contribution >= 0.6 is 0 Å². The highest BCUT2D eigenvalue weighted by Crippen LogP contribution is 2.48. The molecule has 2 aliphatic rings. The lowest BCUT2D eigenvalue weighted by Gasteiger charge is -2.35. The van der Waals surface area contributed by atoms with Crippen LogP contribution in [0.4, 0.5) is 0 Å². The molecule has 0 radical (unpaired) electrons. The second-order valence-electron chi connectivity index (χ2n) is 9.50. The molecular formula is C23H34N2O4S. The van der Waals surface area contributed by atoms with Gasteiger partial charge >= 0.3 is 0 Å². The number of sulfonamides is 1. The van der Waals surface area contributed by atoms with Crippen molar-refractivity contribution in [2.75, 3.05) is 6.54 Å². The van der Waals surface area contributed by atoms with Crippen LogP contribution in [-0.4, -0.2) is 47.9 Å². The number of nitrogens with zero attached hydrogens (tertiary/aromatic N) is 2. The number of fused-ring (bicyclic) bond motifs is 1. The van der Waals surface area contributed by atoms with Gasteiger partial charge in [-0.05, 0) is 45.2 Å². The van der Waals surface area contributed by atoms with E-state index >= 15 is 0 Å². The van der Waals surface area contributed by atoms with Gasteiger partial charge in [-0.15, -0.1) is 6.58 Å². The van der Waals surface area contributed by atoms with Crippen molar-refractivity contribution >= 4 is 15.9 Å². The number of amides is 1. The number of hydroxylamine groups is 2. The van der Waals surface area contributed by atoms with E-state index in [2.05, 4.69) is 6.58 Å². The highest BCUT2D eigenvalue weighted by molar-refractivity contribution is 7.89. The van der Waals surface area contributed by atoms with E-state index in [0.717, 1.165) is 5.56 Å². The van der Waals surface area contributed by atoms with Crippen LogP contribution in [0, 0.1) is 24.7 Å². The molecule has 0 spiro atoms. The third kappa shape index (κ3) is 3.83. The molecule has 0 N–H and O–H groups in total. The largest absolute Gasteiger partial charge is 0.272 e. The molecule has 2 saturated heterocycles. The van der Waals surface area contributed by atoms with Gasteiger partial charge in [0.15, 0.2) is 0 Å². The van der Waals surface area contributed by atoms with Gasteiger partial charge < -0.3 is 0 Å². The lowest BCUT2D eigenvalue weighted by molar-refractivity contribution is -0.213. The van der Waals surface area contributed by atoms with Crippen molar-refractivity contribution in [3.8, 4) is 0 Å². The average molecular weight is 435 g/mol. The fraction of sp³-hybridized carbons (Fsp3) is 0.609. The summed E-state index contributed by atoms with van der Waals surface area (Å²) in [6, 6.07) is 6.27. The SMILES string of the molecule is C=CC[C@@H](C)C(=O)N1OC(C)(C)[C@@H]2CN(S(=O)(=O)c3ccc(C)cc3)[C@@H](C(C)C)[C@@H]21. The molecule has 0 aliphatic carbocycles. The zero-order valence-electron chi connectivity index (χ0n) is 18.8. The Labute approximate surface area is 180 Å². The van der Waals surface area contributed by atoms with Crippen molar-refractivity contribution in [3.63, 3.8) is 0 Å². The number of hydrogen-bond acceptors (Lipinski definition) is 4. The van der Waals surface area contributed by atoms with Crippen molar-refractivity contribution in [2.24, 2.45) is 17.8 Å². The smallest absolute Gasteiger partial charge is 0.249 e. The summed E-state index contributed by atoms with van der Waals surface area (Å²) in [6.07, 6.45) is 2.28. The number of aryl methyl sites for hydroxylation is 1. The number of hydrogen-bond donors (Lipinski definition) is 0. The van der Waals surface area contributed by atoms with Gasteiger partial charge in [0.1, 0.15) is 0 Å². The van der Waals surface area contributed by atoms with E-state index in [-0.39, 0.29) is 40.6 Å². The molecule has 0 aromatic heterocycles. The topological polar surface area (TPSA) is 66.9 Å². The van der Waals surface area contributed by atoms with Crippen LogP contribution in [0.25, 0.3) is 0 Å². The van der Waals surface area contributed by atoms with Crippen LogP contribution < -0.4 is 0 Å². The Balaban J connectivity index is 2.03. The third-order valence-corrected chi connectivity index (χ3v) is 8.32. The molecule has 1 amide bonds. The summed E-state index contributed by atoms with van der Waals surface area (Å²) < 4.78 is 28.8. The maximum Gasteiger partial charge on any atom is 0.249 e. The monoisotopic (exact) mass is 434 g/mol. The van der Waals surface area contributed by atoms with E-state index < -0.39 is 15.6 Å². The Morgan fingerprint density at radius 1 is 1.27 bits per heavy atom. The van der Waals surface area contributed by atoms with E-state index in [1.165, 1.54) is 5.06 Å². The Bertz CT molecular complexity index is 908. The minimum Gasteiger partial charge on any atom is -0.272 e. The predicted molar refractivity (Wildman–Crippen MR) is 117 cm³/mol. The Morgan fingerprint density at radius 3 is 2.40 bits per heavy atom. The molecule has 2 fully saturated rings. The van der Waals surface area contributed by atoms with Crippen LogP contribution in [0.1, 0.15) is 46.6 Å². The molecular weight excluding hydrogens is 400 g/mol. The molecule has 0 bridgehead atoms. The predicted octanol–water partition coefficient (Wildman–Crippen LogP) is 3.77. The van der Waals surface area contributed by atoms with Crippen LogP contribution in [-0.2, 0) is 19.7 Å². The van der Waals surface area contributed by atoms with Gasteiger partial charge in [-0.25, -0.2) is 13.5 Å². The van der Waals surface area contributed by atoms with Gasteiger partial charge in [-0.3, -0.25) is 9.63 Å². The van der Waals surface area contributed by atoms with Gasteiger partial charge in [-0.2, -0.15) is 4.31 Å². The number of allylic oxidation sites excluding steroid dienone is 1. The Morgan fingerprint density at radius 2 is 1.87 bits per heavy atom. The fourth-order valence-electron chi connectivity index (χ4n) is 4.74. The molecule has 1 aromatic carbocycles. The van der Waals surface area contributed by atoms with Crippen molar-refractivity contribution in [2.45, 2.75) is 70.5 Å². The van der Waals surface area contributed by atoms with Crippen molar-refractivity contribution < 1.29 is 18.0 Å². The van der Waals surface area contributed by atoms with Gasteiger partial charge in [0.2, 0.25) is 15.9 Å². The van der Waals surface area contributed by atoms with Crippen molar-refractivity contribution in [1.29, 1.82) is 0 Å². The number of carbonyl (C=O) groups is 1. The zero-order chi connectivity index (χ0) is 22.4. The maximum absolute atomic E-state index is 13.6. The molecule has 1 aromatic rings. The number of rotatable bonds is 6. The van der Waals surface area contributed by atoms with Gasteiger partial charge in [0.25, 0.3) is 0 Å². The lowest BCUT2D eigenvalue weighted by atomic mass is 9.83. The maximum atomic E-state index is 13.6. The van der Waals surface area contributed by atoms with E-state index in [0.29, 0.717) is 13.0 Å². The summed E-state index contributed by atoms with van der Waals surface area (Å²) in [5.74, 6) is -0.476. The molecule has 166 valence electrons. The quantitative estimate of drug-likeness (QED) is 0.639. The van der Waals surface area contributed by atoms with Crippen molar-refractivity contribution in [3.05, 3.63) is 42.5 Å². The molecule has 7 heteroatoms. The van der Waals surface area contributed by atoms with Crippen molar-refractivity contribution in [1.82, 2.24) is 9.37 Å². The summed E-state index contributed by atoms with van der Waals surface area (Å²) in [7, 11) is -3.70. The minimum absolute atomic E-state index is 0.0164. The summed E-state index contributed by atoms with van der Waals surface area (Å²) in [5, 5.41) is 1.48. The second kappa shape index (κ2) is 8.09. The lowest BCUT2D eigenvalue weighted by Crippen LogP contribution is -2.51. The highest BCUT2D eigenvalue weighted by Gasteiger charge is 2.62. The minimum atomic E-state index is -3.70. The van der Waals surface area contributed by atoms with E-state index in [1.54, 1.807) is 22.5 Å². The van der Waals surface area contributed by atoms with Crippen LogP contribution in [0.2, 0.25) is 0 Å². The first-order valence-corrected chi connectivity index (χ1v) is 12.1. The van der Waals surface area contributed by atoms with E-state index in [1.807, 2.05) is 53.7 Å². The Kier molecular flexibility index (Phi) is 6.20. The highest BCUT2D eigenvalue weighted by atomic mass is 32.2. The number of benzene rings is 1. The molecule has 2 aliphatic heterocycles. The first-order chi connectivity index (χ1) is 13.9. The summed E-state index contributed by atoms with van der Waals surface area (Å²) in [6.45, 7) is 15.7. The van der Waals surface area contributed by atoms with Gasteiger partial charge in [-0.1, -0.05) is 44.5 Å². The first kappa shape index (κ1) is 23.0. The fourth-order valence-corrected chi connectivity index (χ4v) is 6.53. The summed E-state index contributed by atoms with van der Waals surface area (Å²) in [4.78, 5) is 19.6. The van der Waals surface area contributed by atoms with Gasteiger partial charge in [0, 0.05) is 18.4 Å². The third-order valence-electron chi connectivity index (χ3n) is 6.44. The van der Waals surface area contributed by atoms with Gasteiger partial charge in [0.05, 0.1) is 22.6 Å². The number of carbonyl (C=O) groups excluding carboxylic acids is 1. The first-order valence-electron chi connectivity index (χ1n) is 10.6. The molecule has 3 rings (SSSR count). The molecule has 2 heterocycles. The zero-order valence-corrected chi connectivity index (χ0v) is 19.6. The molecule has 30 heavy (non-hydrogen) atoms. The summed E-state index contributed by atoms with van der Waals surface area (Å²) in [5.41, 5.74) is 0.369. The molecule has 4 atom stereocenters. The van der Waals surface area contributed by atoms with E-state index in [4.69, 9.17) is 4.84 Å². The average Bonchev–Trinajstić information content (AvgIpc) is 3.18. The van der Waals surface area contributed by atoms with Crippen LogP contribution in [0.15, 0.2) is 41.8 Å².